The first-order chi connectivity index (χ1) is 61.3. The quantitative estimate of drug-likeness (QED) is 0.0204. The van der Waals surface area contributed by atoms with Gasteiger partial charge in [0, 0.05) is 121 Å². The van der Waals surface area contributed by atoms with Crippen LogP contribution in [0.3, 0.4) is 0 Å². The second-order valence-electron chi connectivity index (χ2n) is 35.5. The fraction of sp³-hybridized carbons (Fsp3) is 0.529. The molecule has 10 aromatic rings. The summed E-state index contributed by atoms with van der Waals surface area (Å²) in [4.78, 5) is 41.3. The van der Waals surface area contributed by atoms with Crippen molar-refractivity contribution in [2.75, 3.05) is 73.3 Å². The van der Waals surface area contributed by atoms with Gasteiger partial charge in [0.15, 0.2) is 0 Å². The van der Waals surface area contributed by atoms with Crippen molar-refractivity contribution in [2.24, 2.45) is 27.1 Å². The van der Waals surface area contributed by atoms with Gasteiger partial charge >= 0.3 is 6.18 Å². The summed E-state index contributed by atoms with van der Waals surface area (Å²) in [5.74, 6) is -6.60. The topological polar surface area (TPSA) is 457 Å². The molecule has 10 N–H and O–H groups in total. The Bertz CT molecular complexity index is 5960. The molecule has 0 aromatic carbocycles. The lowest BCUT2D eigenvalue weighted by Gasteiger charge is -2.16. The zero-order valence-corrected chi connectivity index (χ0v) is 75.6. The summed E-state index contributed by atoms with van der Waals surface area (Å²) < 4.78 is 132. The minimum atomic E-state index is -4.54. The van der Waals surface area contributed by atoms with E-state index in [2.05, 4.69) is 175 Å². The molecule has 8 aliphatic carbocycles. The van der Waals surface area contributed by atoms with Crippen LogP contribution in [0, 0.1) is 111 Å². The molecule has 45 heteroatoms. The third-order valence-corrected chi connectivity index (χ3v) is 24.4. The van der Waals surface area contributed by atoms with Crippen LogP contribution in [0.5, 0.6) is 0 Å². The van der Waals surface area contributed by atoms with Gasteiger partial charge in [-0.2, -0.15) is 89.9 Å². The highest BCUT2D eigenvalue weighted by Gasteiger charge is 2.57. The lowest BCUT2D eigenvalue weighted by atomic mass is 10.2. The van der Waals surface area contributed by atoms with E-state index in [4.69, 9.17) is 5.26 Å². The molecule has 8 aliphatic rings. The summed E-state index contributed by atoms with van der Waals surface area (Å²) in [5.41, 5.74) is 3.97. The van der Waals surface area contributed by atoms with Gasteiger partial charge in [0.1, 0.15) is 34.7 Å². The smallest absolute Gasteiger partial charge is 0.373 e. The summed E-state index contributed by atoms with van der Waals surface area (Å²) in [6, 6.07) is 12.2. The van der Waals surface area contributed by atoms with E-state index < -0.39 is 34.9 Å². The van der Waals surface area contributed by atoms with Gasteiger partial charge in [-0.1, -0.05) is 0 Å². The SMILES string of the molecule is CCNc1nc(Nc2cn(C3C[C@@]3(C)C#N)nc2C)ncc1C(F)(F)F.CCNc1nc(Nc2cn([C@@H]3C[C@]3(C)C#N)nc2C)ncc1Br.CNc1nc(Nc2cn(C3C[C@@]3(C)C#N)nc2C2CC2)ncc1C(C)(F)F.Cc1nn([C@@H]2C[C@]2(C)C#N)cc1Nc1ncc(C(C)(F)F)c(NC2CC2)n1.Cc1nn([C@H]2C[C@@]2(C)C#N)cc1Nc1ncc(C(C)(F)F)c(NC2CC2)n1. The molecule has 0 bridgehead atoms. The number of nitriles is 5. The molecule has 684 valence electrons. The third-order valence-electron chi connectivity index (χ3n) is 23.8. The molecule has 8 fully saturated rings. The molecule has 2 unspecified atom stereocenters. The Kier molecular flexibility index (Phi) is 25.2. The molecular weight excluding hydrogens is 1760 g/mol. The first-order valence-electron chi connectivity index (χ1n) is 42.4. The van der Waals surface area contributed by atoms with Gasteiger partial charge in [-0.25, -0.2) is 51.3 Å². The van der Waals surface area contributed by atoms with Crippen molar-refractivity contribution in [3.8, 4) is 30.3 Å². The number of anilines is 15. The molecule has 8 saturated carbocycles. The summed E-state index contributed by atoms with van der Waals surface area (Å²) in [6.07, 6.45) is 20.3. The Balaban J connectivity index is 0.000000131. The largest absolute Gasteiger partial charge is 0.421 e. The number of nitrogens with one attached hydrogen (secondary N) is 10. The van der Waals surface area contributed by atoms with Crippen LogP contribution in [0.25, 0.3) is 0 Å². The van der Waals surface area contributed by atoms with Crippen molar-refractivity contribution < 1.29 is 39.5 Å². The van der Waals surface area contributed by atoms with Gasteiger partial charge in [0.05, 0.1) is 166 Å². The molecule has 130 heavy (non-hydrogen) atoms. The Labute approximate surface area is 751 Å². The first kappa shape index (κ1) is 92.9. The summed E-state index contributed by atoms with van der Waals surface area (Å²) in [6.45, 7) is 24.2. The number of aromatic nitrogens is 20. The Morgan fingerprint density at radius 1 is 0.385 bits per heavy atom. The number of halogens is 10. The van der Waals surface area contributed by atoms with E-state index in [-0.39, 0.29) is 128 Å². The normalized spacial score (nSPS) is 23.6. The molecule has 35 nitrogen and oxygen atoms in total. The third kappa shape index (κ3) is 21.2. The maximum Gasteiger partial charge on any atom is 0.421 e. The second kappa shape index (κ2) is 35.3. The molecule has 0 aliphatic heterocycles. The van der Waals surface area contributed by atoms with Crippen LogP contribution >= 0.6 is 15.9 Å². The van der Waals surface area contributed by atoms with E-state index in [0.29, 0.717) is 47.6 Å². The zero-order valence-electron chi connectivity index (χ0n) is 74.0. The molecule has 0 radical (unpaired) electrons. The van der Waals surface area contributed by atoms with Crippen LogP contribution in [-0.4, -0.2) is 131 Å². The van der Waals surface area contributed by atoms with Gasteiger partial charge in [0.25, 0.3) is 17.8 Å². The minimum absolute atomic E-state index is 0.00686. The molecule has 0 saturated heterocycles. The molecule has 10 heterocycles. The predicted molar refractivity (Wildman–Crippen MR) is 468 cm³/mol. The van der Waals surface area contributed by atoms with Crippen molar-refractivity contribution >= 4 is 103 Å². The Hall–Kier alpha value is -13.3. The van der Waals surface area contributed by atoms with Crippen LogP contribution in [0.2, 0.25) is 0 Å². The number of alkyl halides is 9. The van der Waals surface area contributed by atoms with Crippen LogP contribution < -0.4 is 53.2 Å². The van der Waals surface area contributed by atoms with Gasteiger partial charge < -0.3 is 53.2 Å². The molecule has 0 amide bonds. The number of hydrogen-bond donors (Lipinski definition) is 10. The number of hydrogen-bond acceptors (Lipinski definition) is 30. The van der Waals surface area contributed by atoms with E-state index >= 15 is 0 Å². The lowest BCUT2D eigenvalue weighted by Crippen LogP contribution is -2.16. The summed E-state index contributed by atoms with van der Waals surface area (Å²) in [5, 5.41) is 98.5. The van der Waals surface area contributed by atoms with E-state index in [0.717, 1.165) is 161 Å². The Morgan fingerprint density at radius 3 is 0.938 bits per heavy atom. The summed E-state index contributed by atoms with van der Waals surface area (Å²) in [7, 11) is 1.55. The minimum Gasteiger partial charge on any atom is -0.373 e. The van der Waals surface area contributed by atoms with E-state index in [1.807, 2.05) is 96.5 Å². The van der Waals surface area contributed by atoms with Gasteiger partial charge in [-0.3, -0.25) is 23.4 Å². The van der Waals surface area contributed by atoms with Crippen molar-refractivity contribution in [2.45, 2.75) is 240 Å². The number of aryl methyl sites for hydroxylation is 4. The average Bonchev–Trinajstić information content (AvgIpc) is 1.58. The fourth-order valence-corrected chi connectivity index (χ4v) is 14.8. The predicted octanol–water partition coefficient (Wildman–Crippen LogP) is 18.7. The fourth-order valence-electron chi connectivity index (χ4n) is 14.4. The van der Waals surface area contributed by atoms with Crippen LogP contribution in [-0.2, 0) is 23.9 Å². The van der Waals surface area contributed by atoms with Crippen molar-refractivity contribution in [1.82, 2.24) is 98.7 Å². The van der Waals surface area contributed by atoms with Crippen LogP contribution in [0.15, 0.2) is 66.4 Å². The number of rotatable bonds is 28. The first-order valence-corrected chi connectivity index (χ1v) is 43.2. The molecule has 10 atom stereocenters. The standard InChI is InChI=1S/3C18H21F2N7.C16H18F3N7.C15H18BrN7/c1-17(9-21)6-13(17)27-8-12(14(26-27)10-4-5-10)24-16-23-7-11(18(2,19)20)15(22-3)25-16;2*1-10-13(8-27(26-10)14-6-17(14,2)9-21)24-16-22-7-12(18(3,19)20)15(25-16)23-11-4-5-11;1-4-21-13-10(16(17,18)19)6-22-14(24-13)23-11-7-26(25-9(11)2)12-5-15(12,3)8-20;1-4-18-13-10(16)6-19-14(21-13)20-11-7-23(22-9(11)2)12-5-15(12,3)8-17/h7-8,10,13H,4-6H2,1-3H3,(H2,22,23,24,25);2*7-8,11,14H,4-6H2,1-3H3,(H2,22,23,24,25);6-7,12H,4-5H2,1-3H3,(H2,21,22,23,24);6-7,12H,4-5H2,1-3H3,(H2,18,19,20,21)/t13?,17-;2*14-,17-;12?,15-;12-,15-/m01001/s1. The zero-order chi connectivity index (χ0) is 93.9. The monoisotopic (exact) mass is 1860 g/mol. The van der Waals surface area contributed by atoms with Crippen LogP contribution in [0.1, 0.15) is 227 Å². The molecular formula is C85H99BrF9N35. The highest BCUT2D eigenvalue weighted by atomic mass is 79.9. The lowest BCUT2D eigenvalue weighted by molar-refractivity contribution is -0.137. The van der Waals surface area contributed by atoms with Gasteiger partial charge in [-0.15, -0.1) is 0 Å². The van der Waals surface area contributed by atoms with Crippen LogP contribution in [0.4, 0.5) is 127 Å². The average molecular weight is 1860 g/mol. The van der Waals surface area contributed by atoms with E-state index in [1.54, 1.807) is 47.3 Å². The second-order valence-corrected chi connectivity index (χ2v) is 36.4. The molecule has 0 spiro atoms. The highest BCUT2D eigenvalue weighted by molar-refractivity contribution is 9.10. The number of nitrogens with zero attached hydrogens (tertiary/aromatic N) is 25. The molecule has 18 rings (SSSR count). The molecule has 10 aromatic heterocycles. The van der Waals surface area contributed by atoms with E-state index in [9.17, 15) is 60.6 Å². The van der Waals surface area contributed by atoms with Crippen molar-refractivity contribution in [3.63, 3.8) is 0 Å². The Morgan fingerprint density at radius 2 is 0.654 bits per heavy atom. The summed E-state index contributed by atoms with van der Waals surface area (Å²) >= 11 is 3.42. The maximum absolute atomic E-state index is 13.8. The van der Waals surface area contributed by atoms with E-state index in [1.165, 1.54) is 0 Å². The van der Waals surface area contributed by atoms with Gasteiger partial charge in [-0.05, 0) is 163 Å². The van der Waals surface area contributed by atoms with Gasteiger partial charge in [0.2, 0.25) is 29.7 Å². The van der Waals surface area contributed by atoms with Crippen molar-refractivity contribution in [3.05, 3.63) is 117 Å². The highest BCUT2D eigenvalue weighted by Crippen LogP contribution is 2.60. The maximum atomic E-state index is 13.8. The van der Waals surface area contributed by atoms with Crippen molar-refractivity contribution in [1.29, 1.82) is 26.3 Å².